The fraction of sp³-hybridized carbons (Fsp3) is 0.929. The highest BCUT2D eigenvalue weighted by Gasteiger charge is 2.29. The quantitative estimate of drug-likeness (QED) is 0.730. The van der Waals surface area contributed by atoms with Gasteiger partial charge in [0.2, 0.25) is 0 Å². The average Bonchev–Trinajstić information content (AvgIpc) is 2.12. The summed E-state index contributed by atoms with van der Waals surface area (Å²) in [6.45, 7) is 11.4. The fourth-order valence-electron chi connectivity index (χ4n) is 2.18. The Labute approximate surface area is 110 Å². The average molecular weight is 258 g/mol. The lowest BCUT2D eigenvalue weighted by atomic mass is 10.0. The van der Waals surface area contributed by atoms with Crippen LogP contribution in [0.1, 0.15) is 54.4 Å². The summed E-state index contributed by atoms with van der Waals surface area (Å²) in [6, 6.07) is 0. The van der Waals surface area contributed by atoms with Crippen molar-refractivity contribution in [1.29, 1.82) is 0 Å². The van der Waals surface area contributed by atoms with Crippen molar-refractivity contribution in [3.8, 4) is 0 Å². The monoisotopic (exact) mass is 258 g/mol. The lowest BCUT2D eigenvalue weighted by molar-refractivity contribution is -0.178. The Balaban J connectivity index is 2.44. The number of carbonyl (C=O) groups excluding carboxylic acids is 1. The Morgan fingerprint density at radius 3 is 2.17 bits per heavy atom. The van der Waals surface area contributed by atoms with Crippen LogP contribution in [0.15, 0.2) is 0 Å². The van der Waals surface area contributed by atoms with E-state index in [0.29, 0.717) is 0 Å². The summed E-state index contributed by atoms with van der Waals surface area (Å²) in [4.78, 5) is 11.8. The number of hydrogen-bond acceptors (Lipinski definition) is 4. The van der Waals surface area contributed by atoms with Gasteiger partial charge in [0.15, 0.2) is 6.10 Å². The Kier molecular flexibility index (Phi) is 5.17. The predicted molar refractivity (Wildman–Crippen MR) is 69.4 cm³/mol. The first-order valence-corrected chi connectivity index (χ1v) is 6.71. The van der Waals surface area contributed by atoms with Gasteiger partial charge < -0.3 is 14.2 Å². The summed E-state index contributed by atoms with van der Waals surface area (Å²) in [5, 5.41) is 0. The minimum absolute atomic E-state index is 0.0752. The van der Waals surface area contributed by atoms with Crippen LogP contribution >= 0.6 is 0 Å². The SMILES string of the molecule is CC1CC(OC(C)C(=O)OC(C)(C)C)CC(C)O1. The first-order chi connectivity index (χ1) is 8.17. The molecule has 1 aliphatic heterocycles. The van der Waals surface area contributed by atoms with Gasteiger partial charge in [0, 0.05) is 0 Å². The maximum Gasteiger partial charge on any atom is 0.335 e. The molecule has 3 unspecified atom stereocenters. The van der Waals surface area contributed by atoms with Crippen molar-refractivity contribution in [3.05, 3.63) is 0 Å². The molecule has 0 spiro atoms. The van der Waals surface area contributed by atoms with Crippen LogP contribution in [0, 0.1) is 0 Å². The van der Waals surface area contributed by atoms with Crippen LogP contribution < -0.4 is 0 Å². The molecule has 3 atom stereocenters. The third-order valence-electron chi connectivity index (χ3n) is 2.79. The van der Waals surface area contributed by atoms with E-state index in [-0.39, 0.29) is 24.3 Å². The molecule has 1 aliphatic rings. The lowest BCUT2D eigenvalue weighted by Gasteiger charge is -2.33. The van der Waals surface area contributed by atoms with Crippen LogP contribution in [-0.4, -0.2) is 36.0 Å². The summed E-state index contributed by atoms with van der Waals surface area (Å²) in [5.41, 5.74) is -0.467. The molecule has 1 fully saturated rings. The van der Waals surface area contributed by atoms with Gasteiger partial charge in [-0.25, -0.2) is 4.79 Å². The van der Waals surface area contributed by atoms with E-state index in [9.17, 15) is 4.79 Å². The second kappa shape index (κ2) is 6.02. The lowest BCUT2D eigenvalue weighted by Crippen LogP contribution is -2.39. The number of ether oxygens (including phenoxy) is 3. The Morgan fingerprint density at radius 1 is 1.22 bits per heavy atom. The van der Waals surface area contributed by atoms with Gasteiger partial charge in [-0.2, -0.15) is 0 Å². The largest absolute Gasteiger partial charge is 0.458 e. The highest BCUT2D eigenvalue weighted by molar-refractivity contribution is 5.74. The van der Waals surface area contributed by atoms with Crippen molar-refractivity contribution in [3.63, 3.8) is 0 Å². The molecule has 0 aliphatic carbocycles. The number of rotatable bonds is 3. The number of hydrogen-bond donors (Lipinski definition) is 0. The van der Waals surface area contributed by atoms with Crippen molar-refractivity contribution < 1.29 is 19.0 Å². The zero-order chi connectivity index (χ0) is 13.9. The molecular formula is C14H26O4. The van der Waals surface area contributed by atoms with Crippen LogP contribution in [0.3, 0.4) is 0 Å². The summed E-state index contributed by atoms with van der Waals surface area (Å²) in [7, 11) is 0. The van der Waals surface area contributed by atoms with Crippen molar-refractivity contribution in [2.45, 2.75) is 84.4 Å². The second-order valence-corrected chi connectivity index (χ2v) is 6.16. The first kappa shape index (κ1) is 15.4. The molecule has 4 nitrogen and oxygen atoms in total. The van der Waals surface area contributed by atoms with E-state index in [2.05, 4.69) is 0 Å². The molecule has 1 rings (SSSR count). The molecule has 18 heavy (non-hydrogen) atoms. The smallest absolute Gasteiger partial charge is 0.335 e. The predicted octanol–water partition coefficient (Wildman–Crippen LogP) is 2.69. The van der Waals surface area contributed by atoms with Gasteiger partial charge in [0.1, 0.15) is 5.60 Å². The summed E-state index contributed by atoms with van der Waals surface area (Å²) >= 11 is 0. The molecule has 106 valence electrons. The fourth-order valence-corrected chi connectivity index (χ4v) is 2.18. The van der Waals surface area contributed by atoms with Crippen molar-refractivity contribution in [2.75, 3.05) is 0 Å². The normalized spacial score (nSPS) is 30.9. The molecule has 0 N–H and O–H groups in total. The van der Waals surface area contributed by atoms with Crippen molar-refractivity contribution in [2.24, 2.45) is 0 Å². The van der Waals surface area contributed by atoms with Crippen LogP contribution in [0.2, 0.25) is 0 Å². The van der Waals surface area contributed by atoms with E-state index >= 15 is 0 Å². The first-order valence-electron chi connectivity index (χ1n) is 6.71. The van der Waals surface area contributed by atoms with Gasteiger partial charge in [-0.05, 0) is 54.4 Å². The highest BCUT2D eigenvalue weighted by atomic mass is 16.6. The van der Waals surface area contributed by atoms with Crippen molar-refractivity contribution in [1.82, 2.24) is 0 Å². The molecule has 0 saturated carbocycles. The van der Waals surface area contributed by atoms with E-state index in [1.165, 1.54) is 0 Å². The van der Waals surface area contributed by atoms with Crippen LogP contribution in [0.4, 0.5) is 0 Å². The van der Waals surface area contributed by atoms with E-state index in [1.54, 1.807) is 6.92 Å². The molecule has 0 bridgehead atoms. The van der Waals surface area contributed by atoms with E-state index in [0.717, 1.165) is 12.8 Å². The Bertz CT molecular complexity index is 272. The van der Waals surface area contributed by atoms with Gasteiger partial charge in [0.25, 0.3) is 0 Å². The molecular weight excluding hydrogens is 232 g/mol. The van der Waals surface area contributed by atoms with E-state index in [4.69, 9.17) is 14.2 Å². The molecule has 0 aromatic carbocycles. The summed E-state index contributed by atoms with van der Waals surface area (Å²) in [6.07, 6.45) is 1.58. The zero-order valence-electron chi connectivity index (χ0n) is 12.4. The molecule has 4 heteroatoms. The highest BCUT2D eigenvalue weighted by Crippen LogP contribution is 2.23. The molecule has 0 amide bonds. The standard InChI is InChI=1S/C14H26O4/c1-9-7-12(8-10(2)16-9)17-11(3)13(15)18-14(4,5)6/h9-12H,7-8H2,1-6H3. The Morgan fingerprint density at radius 2 is 1.72 bits per heavy atom. The molecule has 0 aromatic rings. The van der Waals surface area contributed by atoms with Crippen LogP contribution in [0.5, 0.6) is 0 Å². The molecule has 0 radical (unpaired) electrons. The van der Waals surface area contributed by atoms with Gasteiger partial charge >= 0.3 is 5.97 Å². The molecule has 0 aromatic heterocycles. The maximum atomic E-state index is 11.8. The van der Waals surface area contributed by atoms with Crippen LogP contribution in [0.25, 0.3) is 0 Å². The summed E-state index contributed by atoms with van der Waals surface area (Å²) < 4.78 is 16.7. The van der Waals surface area contributed by atoms with E-state index in [1.807, 2.05) is 34.6 Å². The third kappa shape index (κ3) is 5.36. The van der Waals surface area contributed by atoms with Crippen molar-refractivity contribution >= 4 is 5.97 Å². The second-order valence-electron chi connectivity index (χ2n) is 6.16. The zero-order valence-corrected chi connectivity index (χ0v) is 12.4. The molecule has 1 heterocycles. The Hall–Kier alpha value is -0.610. The van der Waals surface area contributed by atoms with E-state index < -0.39 is 11.7 Å². The van der Waals surface area contributed by atoms with Crippen LogP contribution in [-0.2, 0) is 19.0 Å². The number of esters is 1. The molecule has 1 saturated heterocycles. The van der Waals surface area contributed by atoms with Gasteiger partial charge in [-0.1, -0.05) is 0 Å². The third-order valence-corrected chi connectivity index (χ3v) is 2.79. The minimum Gasteiger partial charge on any atom is -0.458 e. The number of carbonyl (C=O) groups is 1. The van der Waals surface area contributed by atoms with Gasteiger partial charge in [-0.15, -0.1) is 0 Å². The summed E-state index contributed by atoms with van der Waals surface area (Å²) in [5.74, 6) is -0.297. The minimum atomic E-state index is -0.522. The van der Waals surface area contributed by atoms with Gasteiger partial charge in [0.05, 0.1) is 18.3 Å². The maximum absolute atomic E-state index is 11.8. The topological polar surface area (TPSA) is 44.8 Å². The van der Waals surface area contributed by atoms with Gasteiger partial charge in [-0.3, -0.25) is 0 Å².